The second-order valence-corrected chi connectivity index (χ2v) is 4.36. The van der Waals surface area contributed by atoms with Gasteiger partial charge in [0.05, 0.1) is 12.2 Å². The Morgan fingerprint density at radius 1 is 1.39 bits per heavy atom. The average molecular weight is 242 g/mol. The number of hydrogen-bond acceptors (Lipinski definition) is 3. The number of para-hydroxylation sites is 1. The van der Waals surface area contributed by atoms with Crippen molar-refractivity contribution in [2.75, 3.05) is 5.32 Å². The molecular weight excluding hydrogens is 228 g/mol. The Kier molecular flexibility index (Phi) is 2.72. The van der Waals surface area contributed by atoms with Gasteiger partial charge in [0.25, 0.3) is 0 Å². The van der Waals surface area contributed by atoms with Gasteiger partial charge < -0.3 is 10.6 Å². The molecule has 2 heterocycles. The first-order chi connectivity index (χ1) is 8.83. The maximum Gasteiger partial charge on any atom is 0.243 e. The molecule has 1 unspecified atom stereocenters. The van der Waals surface area contributed by atoms with Crippen LogP contribution in [-0.2, 0) is 17.8 Å². The van der Waals surface area contributed by atoms with E-state index in [1.165, 1.54) is 5.56 Å². The topological polar surface area (TPSA) is 69.8 Å². The van der Waals surface area contributed by atoms with E-state index in [9.17, 15) is 4.79 Å². The number of carbonyl (C=O) groups excluding carboxylic acids is 1. The maximum absolute atomic E-state index is 12.0. The van der Waals surface area contributed by atoms with Crippen LogP contribution in [0.5, 0.6) is 0 Å². The van der Waals surface area contributed by atoms with Gasteiger partial charge in [0.1, 0.15) is 6.04 Å². The van der Waals surface area contributed by atoms with Crippen LogP contribution in [0.3, 0.4) is 0 Å². The summed E-state index contributed by atoms with van der Waals surface area (Å²) < 4.78 is 0. The number of carbonyl (C=O) groups is 1. The van der Waals surface area contributed by atoms with Gasteiger partial charge in [-0.3, -0.25) is 9.89 Å². The van der Waals surface area contributed by atoms with E-state index in [4.69, 9.17) is 0 Å². The second-order valence-electron chi connectivity index (χ2n) is 4.36. The van der Waals surface area contributed by atoms with Crippen LogP contribution in [-0.4, -0.2) is 22.1 Å². The molecule has 1 aromatic heterocycles. The minimum Gasteiger partial charge on any atom is -0.373 e. The number of nitrogens with one attached hydrogen (secondary N) is 3. The van der Waals surface area contributed by atoms with Gasteiger partial charge in [-0.2, -0.15) is 5.10 Å². The van der Waals surface area contributed by atoms with E-state index in [0.29, 0.717) is 6.54 Å². The number of rotatable bonds is 3. The molecule has 5 nitrogen and oxygen atoms in total. The third kappa shape index (κ3) is 2.07. The van der Waals surface area contributed by atoms with Crippen molar-refractivity contribution in [3.8, 4) is 0 Å². The highest BCUT2D eigenvalue weighted by Crippen LogP contribution is 2.24. The summed E-state index contributed by atoms with van der Waals surface area (Å²) in [4.78, 5) is 12.0. The summed E-state index contributed by atoms with van der Waals surface area (Å²) in [6.07, 6.45) is 2.41. The molecule has 5 heteroatoms. The van der Waals surface area contributed by atoms with E-state index >= 15 is 0 Å². The molecule has 2 aromatic rings. The molecule has 0 bridgehead atoms. The largest absolute Gasteiger partial charge is 0.373 e. The van der Waals surface area contributed by atoms with Gasteiger partial charge in [0.15, 0.2) is 0 Å². The molecule has 18 heavy (non-hydrogen) atoms. The molecule has 3 N–H and O–H groups in total. The van der Waals surface area contributed by atoms with Gasteiger partial charge >= 0.3 is 0 Å². The molecule has 1 amide bonds. The molecule has 1 atom stereocenters. The summed E-state index contributed by atoms with van der Waals surface area (Å²) in [7, 11) is 0. The number of amides is 1. The number of benzene rings is 1. The molecule has 0 radical (unpaired) electrons. The van der Waals surface area contributed by atoms with E-state index in [1.54, 1.807) is 6.20 Å². The zero-order valence-electron chi connectivity index (χ0n) is 9.81. The van der Waals surface area contributed by atoms with Crippen molar-refractivity contribution in [2.45, 2.75) is 19.0 Å². The maximum atomic E-state index is 12.0. The molecule has 0 saturated carbocycles. The first-order valence-electron chi connectivity index (χ1n) is 5.93. The molecule has 0 spiro atoms. The lowest BCUT2D eigenvalue weighted by atomic mass is 10.1. The zero-order valence-corrected chi connectivity index (χ0v) is 9.81. The van der Waals surface area contributed by atoms with Crippen molar-refractivity contribution in [1.29, 1.82) is 0 Å². The van der Waals surface area contributed by atoms with E-state index < -0.39 is 0 Å². The highest BCUT2D eigenvalue weighted by atomic mass is 16.2. The van der Waals surface area contributed by atoms with E-state index in [-0.39, 0.29) is 11.9 Å². The minimum absolute atomic E-state index is 0.0146. The monoisotopic (exact) mass is 242 g/mol. The molecule has 0 fully saturated rings. The van der Waals surface area contributed by atoms with E-state index in [0.717, 1.165) is 17.8 Å². The Bertz CT molecular complexity index is 525. The summed E-state index contributed by atoms with van der Waals surface area (Å²) in [5, 5.41) is 12.8. The number of aromatic amines is 1. The first kappa shape index (κ1) is 10.8. The Hall–Kier alpha value is -2.30. The first-order valence-corrected chi connectivity index (χ1v) is 5.93. The fourth-order valence-corrected chi connectivity index (χ4v) is 2.14. The lowest BCUT2D eigenvalue weighted by Crippen LogP contribution is -2.38. The Morgan fingerprint density at radius 3 is 3.06 bits per heavy atom. The van der Waals surface area contributed by atoms with Gasteiger partial charge in [-0.1, -0.05) is 18.2 Å². The second kappa shape index (κ2) is 4.52. The van der Waals surface area contributed by atoms with Crippen molar-refractivity contribution < 1.29 is 4.79 Å². The zero-order chi connectivity index (χ0) is 12.4. The van der Waals surface area contributed by atoms with Crippen molar-refractivity contribution in [1.82, 2.24) is 15.5 Å². The Labute approximate surface area is 105 Å². The van der Waals surface area contributed by atoms with Crippen molar-refractivity contribution in [3.05, 3.63) is 47.8 Å². The molecule has 0 saturated heterocycles. The number of hydrogen-bond donors (Lipinski definition) is 3. The van der Waals surface area contributed by atoms with Crippen LogP contribution in [0.25, 0.3) is 0 Å². The lowest BCUT2D eigenvalue weighted by Gasteiger charge is -2.11. The SMILES string of the molecule is O=C(NCc1ccn[nH]1)C1Cc2ccccc2N1. The molecule has 1 aromatic carbocycles. The van der Waals surface area contributed by atoms with Crippen LogP contribution in [0.2, 0.25) is 0 Å². The van der Waals surface area contributed by atoms with Crippen molar-refractivity contribution in [3.63, 3.8) is 0 Å². The fourth-order valence-electron chi connectivity index (χ4n) is 2.14. The molecular formula is C13H14N4O. The van der Waals surface area contributed by atoms with Gasteiger partial charge in [-0.25, -0.2) is 0 Å². The number of fused-ring (bicyclic) bond motifs is 1. The van der Waals surface area contributed by atoms with Gasteiger partial charge in [-0.05, 0) is 17.7 Å². The van der Waals surface area contributed by atoms with Crippen LogP contribution in [0.1, 0.15) is 11.3 Å². The van der Waals surface area contributed by atoms with Crippen LogP contribution in [0.15, 0.2) is 36.5 Å². The average Bonchev–Trinajstić information content (AvgIpc) is 3.04. The van der Waals surface area contributed by atoms with Gasteiger partial charge in [0, 0.05) is 18.3 Å². The highest BCUT2D eigenvalue weighted by Gasteiger charge is 2.25. The van der Waals surface area contributed by atoms with Crippen LogP contribution < -0.4 is 10.6 Å². The van der Waals surface area contributed by atoms with Crippen LogP contribution in [0.4, 0.5) is 5.69 Å². The Morgan fingerprint density at radius 2 is 2.28 bits per heavy atom. The predicted octanol–water partition coefficient (Wildman–Crippen LogP) is 1.06. The van der Waals surface area contributed by atoms with Gasteiger partial charge in [-0.15, -0.1) is 0 Å². The summed E-state index contributed by atoms with van der Waals surface area (Å²) in [6, 6.07) is 9.67. The van der Waals surface area contributed by atoms with Crippen LogP contribution in [0, 0.1) is 0 Å². The quantitative estimate of drug-likeness (QED) is 0.754. The third-order valence-electron chi connectivity index (χ3n) is 3.10. The lowest BCUT2D eigenvalue weighted by molar-refractivity contribution is -0.121. The third-order valence-corrected chi connectivity index (χ3v) is 3.10. The number of H-pyrrole nitrogens is 1. The number of aromatic nitrogens is 2. The fraction of sp³-hybridized carbons (Fsp3) is 0.231. The molecule has 3 rings (SSSR count). The highest BCUT2D eigenvalue weighted by molar-refractivity contribution is 5.87. The normalized spacial score (nSPS) is 17.0. The summed E-state index contributed by atoms with van der Waals surface area (Å²) in [6.45, 7) is 0.480. The van der Waals surface area contributed by atoms with E-state index in [2.05, 4.69) is 20.8 Å². The molecule has 1 aliphatic heterocycles. The smallest absolute Gasteiger partial charge is 0.243 e. The molecule has 92 valence electrons. The van der Waals surface area contributed by atoms with E-state index in [1.807, 2.05) is 30.3 Å². The number of anilines is 1. The predicted molar refractivity (Wildman–Crippen MR) is 68.0 cm³/mol. The molecule has 1 aliphatic rings. The number of nitrogens with zero attached hydrogens (tertiary/aromatic N) is 1. The van der Waals surface area contributed by atoms with Crippen LogP contribution >= 0.6 is 0 Å². The van der Waals surface area contributed by atoms with Gasteiger partial charge in [0.2, 0.25) is 5.91 Å². The van der Waals surface area contributed by atoms with Crippen molar-refractivity contribution >= 4 is 11.6 Å². The minimum atomic E-state index is -0.176. The molecule has 0 aliphatic carbocycles. The standard InChI is InChI=1S/C13H14N4O/c18-13(14-8-10-5-6-15-17-10)12-7-9-3-1-2-4-11(9)16-12/h1-6,12,16H,7-8H2,(H,14,18)(H,15,17). The van der Waals surface area contributed by atoms with Crippen molar-refractivity contribution in [2.24, 2.45) is 0 Å². The summed E-state index contributed by atoms with van der Waals surface area (Å²) >= 11 is 0. The summed E-state index contributed by atoms with van der Waals surface area (Å²) in [5.41, 5.74) is 3.15. The summed E-state index contributed by atoms with van der Waals surface area (Å²) in [5.74, 6) is 0.0146. The Balaban J connectivity index is 1.59.